The fourth-order valence-corrected chi connectivity index (χ4v) is 18.5. The molecule has 0 fully saturated rings. The van der Waals surface area contributed by atoms with Crippen molar-refractivity contribution in [1.82, 2.24) is 9.13 Å². The maximum Gasteiger partial charge on any atom is 1.00 e. The zero-order chi connectivity index (χ0) is 83.8. The molecule has 0 atom stereocenters. The van der Waals surface area contributed by atoms with E-state index < -0.39 is 5.60 Å². The van der Waals surface area contributed by atoms with Gasteiger partial charge >= 0.3 is 29.6 Å². The van der Waals surface area contributed by atoms with Gasteiger partial charge in [0.05, 0.1) is 32.8 Å². The SMILES string of the molecule is CC.CC(C)(C)[O-].CC1(C)c2ccccc2-c2cc3c4c5ccccc5c(Cl)cc4n(-c4ccccc4)c3cc21.CC1(C)c2ccccc2-c2cc3c4c5ccccc5c(N(c5ccc(-c6ccccc6)cc5)c5ccc(-c6ccccc6)cc5)cc4n(-c4ccccc4)c3cc21.[Na+].c1ccc(-c2ccc(Nc3ccc(-c4ccccc4)cc3)cc2)cc1. The van der Waals surface area contributed by atoms with Crippen molar-refractivity contribution >= 4 is 105 Å². The Hall–Kier alpha value is -13.1. The quantitative estimate of drug-likeness (QED) is 0.131. The van der Waals surface area contributed by atoms with Crippen molar-refractivity contribution in [3.8, 4) is 78.1 Å². The fourth-order valence-electron chi connectivity index (χ4n) is 18.2. The normalized spacial score (nSPS) is 12.4. The third kappa shape index (κ3) is 16.0. The Bertz CT molecular complexity index is 7000. The van der Waals surface area contributed by atoms with Gasteiger partial charge in [0.15, 0.2) is 0 Å². The Kier molecular flexibility index (Phi) is 23.3. The van der Waals surface area contributed by atoms with Crippen molar-refractivity contribution in [2.45, 2.75) is 78.7 Å². The molecule has 22 rings (SSSR count). The summed E-state index contributed by atoms with van der Waals surface area (Å²) in [5.41, 5.74) is 32.3. The summed E-state index contributed by atoms with van der Waals surface area (Å²) < 4.78 is 4.87. The van der Waals surface area contributed by atoms with E-state index in [1.54, 1.807) is 20.8 Å². The summed E-state index contributed by atoms with van der Waals surface area (Å²) in [5, 5.41) is 24.2. The molecule has 0 saturated carbocycles. The first-order valence-electron chi connectivity index (χ1n) is 42.4. The van der Waals surface area contributed by atoms with Gasteiger partial charge in [0.1, 0.15) is 0 Å². The Morgan fingerprint density at radius 3 is 0.935 bits per heavy atom. The van der Waals surface area contributed by atoms with Gasteiger partial charge in [-0.05, 0) is 209 Å². The fraction of sp³-hybridized carbons (Fsp3) is 0.103. The van der Waals surface area contributed by atoms with Crippen molar-refractivity contribution in [2.75, 3.05) is 10.2 Å². The average Bonchev–Trinajstić information content (AvgIpc) is 1.54. The molecule has 18 aromatic carbocycles. The van der Waals surface area contributed by atoms with Crippen LogP contribution >= 0.6 is 11.6 Å². The van der Waals surface area contributed by atoms with Crippen molar-refractivity contribution in [1.29, 1.82) is 0 Å². The molecular formula is C116H96ClN4NaO. The van der Waals surface area contributed by atoms with Gasteiger partial charge in [-0.1, -0.05) is 377 Å². The van der Waals surface area contributed by atoms with Crippen LogP contribution in [0.25, 0.3) is 143 Å². The van der Waals surface area contributed by atoms with E-state index in [-0.39, 0.29) is 40.4 Å². The van der Waals surface area contributed by atoms with Gasteiger partial charge < -0.3 is 24.5 Å². The van der Waals surface area contributed by atoms with Gasteiger partial charge in [0.25, 0.3) is 0 Å². The standard InChI is InChI=1S/C55H40N2.C31H22ClN.C24H19N.C4H9O.C2H6.Na/c1-55(2)49-25-15-14-22-44(49)47-34-48-51(35-50(47)55)57(41-20-10-5-11-21-41)53-36-52(45-23-12-13-24-46(45)54(48)53)56(42-30-26-39(27-31-42)37-16-6-3-7-17-37)43-32-28-40(29-33-43)38-18-8-4-9-19-38;1-31(2)25-15-9-8-12-20(25)23-16-24-28(17-26(23)31)33(19-10-4-3-5-11-19)29-18-27(32)21-13-6-7-14-22(21)30(24)29;1-3-7-19(8-4-1)21-11-15-23(16-12-21)25-24-17-13-22(14-18-24)20-9-5-2-6-10-20;1-4(2,3)5;1-2;/h3-36H,1-2H3;3-18H,1-2H3;1-18,25H;1-3H3;1-2H3;/q;;;-1;;+1. The molecule has 0 unspecified atom stereocenters. The summed E-state index contributed by atoms with van der Waals surface area (Å²) in [6.45, 7) is 18.3. The van der Waals surface area contributed by atoms with Gasteiger partial charge in [-0.3, -0.25) is 0 Å². The summed E-state index contributed by atoms with van der Waals surface area (Å²) in [5.74, 6) is 0. The number of para-hydroxylation sites is 2. The molecule has 0 amide bonds. The summed E-state index contributed by atoms with van der Waals surface area (Å²) >= 11 is 6.82. The topological polar surface area (TPSA) is 48.2 Å². The molecule has 0 bridgehead atoms. The van der Waals surface area contributed by atoms with Crippen LogP contribution in [0.5, 0.6) is 0 Å². The molecule has 594 valence electrons. The van der Waals surface area contributed by atoms with Crippen LogP contribution < -0.4 is 44.9 Å². The van der Waals surface area contributed by atoms with E-state index in [4.69, 9.17) is 11.6 Å². The second-order valence-corrected chi connectivity index (χ2v) is 33.8. The van der Waals surface area contributed by atoms with Crippen molar-refractivity contribution < 1.29 is 34.7 Å². The Morgan fingerprint density at radius 2 is 0.569 bits per heavy atom. The van der Waals surface area contributed by atoms with Crippen LogP contribution in [-0.4, -0.2) is 14.7 Å². The summed E-state index contributed by atoms with van der Waals surface area (Å²) in [7, 11) is 0. The van der Waals surface area contributed by atoms with E-state index in [0.717, 1.165) is 55.7 Å². The molecule has 2 aromatic heterocycles. The number of rotatable bonds is 11. The predicted octanol–water partition coefficient (Wildman–Crippen LogP) is 28.9. The Labute approximate surface area is 749 Å². The van der Waals surface area contributed by atoms with Crippen LogP contribution in [0.3, 0.4) is 0 Å². The molecule has 0 spiro atoms. The summed E-state index contributed by atoms with van der Waals surface area (Å²) in [4.78, 5) is 2.44. The molecular weight excluding hydrogens is 1520 g/mol. The van der Waals surface area contributed by atoms with E-state index in [2.05, 4.69) is 447 Å². The largest absolute Gasteiger partial charge is 1.00 e. The molecule has 2 heterocycles. The number of anilines is 5. The Balaban J connectivity index is 0.000000137. The molecule has 1 N–H and O–H groups in total. The first kappa shape index (κ1) is 82.3. The number of nitrogens with one attached hydrogen (secondary N) is 1. The van der Waals surface area contributed by atoms with Crippen LogP contribution in [0.4, 0.5) is 28.4 Å². The van der Waals surface area contributed by atoms with Crippen molar-refractivity contribution in [3.05, 3.63) is 440 Å². The smallest absolute Gasteiger partial charge is 0.850 e. The molecule has 2 aliphatic rings. The van der Waals surface area contributed by atoms with E-state index in [9.17, 15) is 5.11 Å². The van der Waals surface area contributed by atoms with E-state index >= 15 is 0 Å². The number of hydrogen-bond acceptors (Lipinski definition) is 3. The van der Waals surface area contributed by atoms with Crippen LogP contribution in [0.15, 0.2) is 413 Å². The average molecular weight is 1620 g/mol. The number of aromatic nitrogens is 2. The minimum absolute atomic E-state index is 0. The maximum absolute atomic E-state index is 10.1. The van der Waals surface area contributed by atoms with Crippen LogP contribution in [-0.2, 0) is 10.8 Å². The molecule has 0 radical (unpaired) electrons. The first-order valence-corrected chi connectivity index (χ1v) is 42.8. The number of hydrogen-bond donors (Lipinski definition) is 1. The molecule has 5 nitrogen and oxygen atoms in total. The molecule has 7 heteroatoms. The first-order chi connectivity index (χ1) is 59.5. The van der Waals surface area contributed by atoms with E-state index in [1.165, 1.54) is 143 Å². The van der Waals surface area contributed by atoms with Gasteiger partial charge in [0, 0.05) is 77.3 Å². The minimum Gasteiger partial charge on any atom is -0.850 e. The summed E-state index contributed by atoms with van der Waals surface area (Å²) in [6, 6.07) is 148. The van der Waals surface area contributed by atoms with Crippen molar-refractivity contribution in [3.63, 3.8) is 0 Å². The molecule has 123 heavy (non-hydrogen) atoms. The Morgan fingerprint density at radius 1 is 0.285 bits per heavy atom. The van der Waals surface area contributed by atoms with Crippen LogP contribution in [0.1, 0.15) is 84.6 Å². The van der Waals surface area contributed by atoms with E-state index in [0.29, 0.717) is 0 Å². The third-order valence-corrected chi connectivity index (χ3v) is 24.2. The zero-order valence-electron chi connectivity index (χ0n) is 71.4. The minimum atomic E-state index is -0.750. The number of benzene rings is 18. The van der Waals surface area contributed by atoms with Crippen molar-refractivity contribution in [2.24, 2.45) is 0 Å². The third-order valence-electron chi connectivity index (χ3n) is 23.9. The molecule has 0 aliphatic heterocycles. The molecule has 20 aromatic rings. The molecule has 2 aliphatic carbocycles. The maximum atomic E-state index is 10.1. The van der Waals surface area contributed by atoms with Gasteiger partial charge in [-0.25, -0.2) is 0 Å². The number of fused-ring (bicyclic) bond motifs is 16. The monoisotopic (exact) mass is 1620 g/mol. The number of nitrogens with zero attached hydrogens (tertiary/aromatic N) is 3. The second-order valence-electron chi connectivity index (χ2n) is 33.4. The van der Waals surface area contributed by atoms with Gasteiger partial charge in [-0.2, -0.15) is 0 Å². The van der Waals surface area contributed by atoms with Gasteiger partial charge in [0.2, 0.25) is 0 Å². The van der Waals surface area contributed by atoms with Crippen LogP contribution in [0, 0.1) is 0 Å². The van der Waals surface area contributed by atoms with E-state index in [1.807, 2.05) is 26.0 Å². The zero-order valence-corrected chi connectivity index (χ0v) is 74.1. The molecule has 0 saturated heterocycles. The number of halogens is 1. The second kappa shape index (κ2) is 34.8. The van der Waals surface area contributed by atoms with Crippen LogP contribution in [0.2, 0.25) is 5.02 Å². The summed E-state index contributed by atoms with van der Waals surface area (Å²) in [6.07, 6.45) is 0. The van der Waals surface area contributed by atoms with Gasteiger partial charge in [-0.15, -0.1) is 5.60 Å². The predicted molar refractivity (Wildman–Crippen MR) is 520 cm³/mol.